The maximum atomic E-state index is 13.6. The zero-order chi connectivity index (χ0) is 15.7. The molecular formula is C14H17FN4O2. The average Bonchev–Trinajstić information content (AvgIpc) is 2.65. The van der Waals surface area contributed by atoms with Gasteiger partial charge in [-0.15, -0.1) is 0 Å². The number of aryl methyl sites for hydroxylation is 1. The van der Waals surface area contributed by atoms with Crippen molar-refractivity contribution in [2.24, 2.45) is 13.0 Å². The third-order valence-electron chi connectivity index (χ3n) is 3.17. The number of nitro benzene ring substituents is 1. The first kappa shape index (κ1) is 15.0. The lowest BCUT2D eigenvalue weighted by molar-refractivity contribution is -0.385. The molecule has 0 spiro atoms. The van der Waals surface area contributed by atoms with E-state index in [4.69, 9.17) is 5.73 Å². The normalized spacial score (nSPS) is 11.1. The van der Waals surface area contributed by atoms with Gasteiger partial charge in [0, 0.05) is 24.2 Å². The molecule has 0 radical (unpaired) electrons. The van der Waals surface area contributed by atoms with Gasteiger partial charge in [-0.25, -0.2) is 4.39 Å². The molecule has 2 aromatic rings. The van der Waals surface area contributed by atoms with Crippen LogP contribution in [0.25, 0.3) is 11.3 Å². The van der Waals surface area contributed by atoms with E-state index < -0.39 is 10.7 Å². The van der Waals surface area contributed by atoms with E-state index in [1.54, 1.807) is 7.05 Å². The van der Waals surface area contributed by atoms with Crippen molar-refractivity contribution >= 4 is 11.5 Å². The molecule has 7 heteroatoms. The van der Waals surface area contributed by atoms with Crippen LogP contribution < -0.4 is 5.73 Å². The van der Waals surface area contributed by atoms with E-state index in [1.165, 1.54) is 16.8 Å². The minimum Gasteiger partial charge on any atom is -0.384 e. The lowest BCUT2D eigenvalue weighted by Crippen LogP contribution is -2.02. The third kappa shape index (κ3) is 3.01. The molecule has 1 heterocycles. The highest BCUT2D eigenvalue weighted by Crippen LogP contribution is 2.31. The van der Waals surface area contributed by atoms with Gasteiger partial charge >= 0.3 is 0 Å². The molecule has 0 saturated carbocycles. The summed E-state index contributed by atoms with van der Waals surface area (Å²) in [4.78, 5) is 10.2. The first-order valence-corrected chi connectivity index (χ1v) is 6.56. The van der Waals surface area contributed by atoms with Gasteiger partial charge in [0.2, 0.25) is 0 Å². The van der Waals surface area contributed by atoms with E-state index in [2.05, 4.69) is 5.10 Å². The van der Waals surface area contributed by atoms with Crippen LogP contribution in [0.2, 0.25) is 0 Å². The number of hydrogen-bond donors (Lipinski definition) is 1. The molecule has 2 rings (SSSR count). The lowest BCUT2D eigenvalue weighted by Gasteiger charge is -2.07. The number of halogens is 1. The van der Waals surface area contributed by atoms with Gasteiger partial charge in [0.05, 0.1) is 16.7 Å². The molecule has 0 bridgehead atoms. The molecule has 112 valence electrons. The maximum absolute atomic E-state index is 13.6. The largest absolute Gasteiger partial charge is 0.384 e. The SMILES string of the molecule is CC(C)Cc1c(-c2cc(F)cc([N+](=O)[O-])c2)nn(C)c1N. The van der Waals surface area contributed by atoms with Gasteiger partial charge in [-0.05, 0) is 18.4 Å². The van der Waals surface area contributed by atoms with Crippen LogP contribution in [0.1, 0.15) is 19.4 Å². The van der Waals surface area contributed by atoms with Crippen molar-refractivity contribution in [1.29, 1.82) is 0 Å². The molecule has 0 atom stereocenters. The fourth-order valence-electron chi connectivity index (χ4n) is 2.24. The summed E-state index contributed by atoms with van der Waals surface area (Å²) in [5.74, 6) is 0.156. The summed E-state index contributed by atoms with van der Waals surface area (Å²) in [6, 6.07) is 3.44. The molecule has 0 aliphatic heterocycles. The van der Waals surface area contributed by atoms with E-state index in [1.807, 2.05) is 13.8 Å². The second kappa shape index (κ2) is 5.51. The smallest absolute Gasteiger partial charge is 0.273 e. The Morgan fingerprint density at radius 1 is 1.43 bits per heavy atom. The van der Waals surface area contributed by atoms with Gasteiger partial charge in [0.25, 0.3) is 5.69 Å². The van der Waals surface area contributed by atoms with Crippen LogP contribution in [-0.2, 0) is 13.5 Å². The Morgan fingerprint density at radius 3 is 2.67 bits per heavy atom. The van der Waals surface area contributed by atoms with Gasteiger partial charge < -0.3 is 5.73 Å². The van der Waals surface area contributed by atoms with Crippen LogP contribution in [-0.4, -0.2) is 14.7 Å². The molecular weight excluding hydrogens is 275 g/mol. The number of nitrogen functional groups attached to an aromatic ring is 1. The maximum Gasteiger partial charge on any atom is 0.273 e. The summed E-state index contributed by atoms with van der Waals surface area (Å²) in [7, 11) is 1.69. The standard InChI is InChI=1S/C14H17FN4O2/c1-8(2)4-12-13(17-18(3)14(12)16)9-5-10(15)7-11(6-9)19(20)21/h5-8H,4,16H2,1-3H3. The van der Waals surface area contributed by atoms with Gasteiger partial charge in [-0.2, -0.15) is 5.10 Å². The summed E-state index contributed by atoms with van der Waals surface area (Å²) >= 11 is 0. The Morgan fingerprint density at radius 2 is 2.10 bits per heavy atom. The number of rotatable bonds is 4. The highest BCUT2D eigenvalue weighted by atomic mass is 19.1. The number of nitrogens with zero attached hydrogens (tertiary/aromatic N) is 3. The van der Waals surface area contributed by atoms with Crippen LogP contribution in [0.15, 0.2) is 18.2 Å². The second-order valence-electron chi connectivity index (χ2n) is 5.39. The molecule has 0 aliphatic rings. The quantitative estimate of drug-likeness (QED) is 0.693. The molecule has 6 nitrogen and oxygen atoms in total. The highest BCUT2D eigenvalue weighted by Gasteiger charge is 2.19. The molecule has 1 aromatic heterocycles. The Balaban J connectivity index is 2.61. The van der Waals surface area contributed by atoms with E-state index in [0.717, 1.165) is 11.6 Å². The van der Waals surface area contributed by atoms with E-state index >= 15 is 0 Å². The van der Waals surface area contributed by atoms with Crippen molar-refractivity contribution < 1.29 is 9.31 Å². The van der Waals surface area contributed by atoms with Crippen molar-refractivity contribution in [3.63, 3.8) is 0 Å². The molecule has 1 aromatic carbocycles. The molecule has 0 fully saturated rings. The molecule has 21 heavy (non-hydrogen) atoms. The Labute approximate surface area is 121 Å². The first-order valence-electron chi connectivity index (χ1n) is 6.56. The van der Waals surface area contributed by atoms with E-state index in [9.17, 15) is 14.5 Å². The monoisotopic (exact) mass is 292 g/mol. The predicted molar refractivity (Wildman–Crippen MR) is 78.2 cm³/mol. The fraction of sp³-hybridized carbons (Fsp3) is 0.357. The summed E-state index contributed by atoms with van der Waals surface area (Å²) < 4.78 is 15.1. The Bertz CT molecular complexity index is 695. The second-order valence-corrected chi connectivity index (χ2v) is 5.39. The van der Waals surface area contributed by atoms with Crippen LogP contribution in [0.5, 0.6) is 0 Å². The topological polar surface area (TPSA) is 87.0 Å². The summed E-state index contributed by atoms with van der Waals surface area (Å²) in [6.07, 6.45) is 0.666. The fourth-order valence-corrected chi connectivity index (χ4v) is 2.24. The number of anilines is 1. The molecule has 0 unspecified atom stereocenters. The minimum atomic E-state index is -0.668. The number of aromatic nitrogens is 2. The van der Waals surface area contributed by atoms with Gasteiger partial charge in [0.1, 0.15) is 11.6 Å². The number of non-ortho nitro benzene ring substituents is 1. The van der Waals surface area contributed by atoms with Crippen molar-refractivity contribution in [1.82, 2.24) is 9.78 Å². The van der Waals surface area contributed by atoms with Crippen LogP contribution >= 0.6 is 0 Å². The van der Waals surface area contributed by atoms with E-state index in [-0.39, 0.29) is 5.69 Å². The molecule has 0 saturated heterocycles. The van der Waals surface area contributed by atoms with E-state index in [0.29, 0.717) is 29.4 Å². The number of nitro groups is 1. The zero-order valence-electron chi connectivity index (χ0n) is 12.1. The minimum absolute atomic E-state index is 0.301. The average molecular weight is 292 g/mol. The lowest BCUT2D eigenvalue weighted by atomic mass is 9.99. The van der Waals surface area contributed by atoms with Crippen molar-refractivity contribution in [2.45, 2.75) is 20.3 Å². The number of nitrogens with two attached hydrogens (primary N) is 1. The molecule has 0 aliphatic carbocycles. The zero-order valence-corrected chi connectivity index (χ0v) is 12.1. The Kier molecular flexibility index (Phi) is 3.93. The van der Waals surface area contributed by atoms with Crippen molar-refractivity contribution in [2.75, 3.05) is 5.73 Å². The van der Waals surface area contributed by atoms with Crippen LogP contribution in [0, 0.1) is 21.8 Å². The third-order valence-corrected chi connectivity index (χ3v) is 3.17. The first-order chi connectivity index (χ1) is 9.79. The van der Waals surface area contributed by atoms with Crippen molar-refractivity contribution in [3.8, 4) is 11.3 Å². The summed E-state index contributed by atoms with van der Waals surface area (Å²) in [5.41, 5.74) is 7.34. The predicted octanol–water partition coefficient (Wildman–Crippen LogP) is 2.92. The summed E-state index contributed by atoms with van der Waals surface area (Å²) in [6.45, 7) is 4.06. The number of hydrogen-bond acceptors (Lipinski definition) is 4. The van der Waals surface area contributed by atoms with Crippen molar-refractivity contribution in [3.05, 3.63) is 39.7 Å². The molecule has 0 amide bonds. The molecule has 2 N–H and O–H groups in total. The van der Waals surface area contributed by atoms with Gasteiger partial charge in [-0.1, -0.05) is 13.8 Å². The number of benzene rings is 1. The van der Waals surface area contributed by atoms with Gasteiger partial charge in [0.15, 0.2) is 0 Å². The van der Waals surface area contributed by atoms with Gasteiger partial charge in [-0.3, -0.25) is 14.8 Å². The van der Waals surface area contributed by atoms with Crippen LogP contribution in [0.4, 0.5) is 15.9 Å². The highest BCUT2D eigenvalue weighted by molar-refractivity contribution is 5.70. The summed E-state index contributed by atoms with van der Waals surface area (Å²) in [5, 5.41) is 15.1. The van der Waals surface area contributed by atoms with Crippen LogP contribution in [0.3, 0.4) is 0 Å². The Hall–Kier alpha value is -2.44.